The molecule has 0 heterocycles. The van der Waals surface area contributed by atoms with Gasteiger partial charge in [0.1, 0.15) is 5.75 Å². The number of hydrogen-bond donors (Lipinski definition) is 1. The zero-order valence-electron chi connectivity index (χ0n) is 11.0. The smallest absolute Gasteiger partial charge is 0.343 e. The van der Waals surface area contributed by atoms with Crippen LogP contribution >= 0.6 is 0 Å². The van der Waals surface area contributed by atoms with E-state index in [-0.39, 0.29) is 29.6 Å². The summed E-state index contributed by atoms with van der Waals surface area (Å²) >= 11 is 0. The van der Waals surface area contributed by atoms with Crippen molar-refractivity contribution in [3.8, 4) is 5.75 Å². The molecule has 0 aliphatic heterocycles. The Bertz CT molecular complexity index is 510. The number of methoxy groups -OCH3 is 1. The van der Waals surface area contributed by atoms with Crippen LogP contribution in [0.15, 0.2) is 18.2 Å². The summed E-state index contributed by atoms with van der Waals surface area (Å²) in [6.07, 6.45) is 0. The normalized spacial score (nSPS) is 9.63. The number of rotatable bonds is 5. The molecule has 102 valence electrons. The van der Waals surface area contributed by atoms with Gasteiger partial charge < -0.3 is 14.8 Å². The third kappa shape index (κ3) is 4.09. The van der Waals surface area contributed by atoms with Gasteiger partial charge in [0.05, 0.1) is 18.4 Å². The second-order valence-corrected chi connectivity index (χ2v) is 3.78. The van der Waals surface area contributed by atoms with Gasteiger partial charge in [0, 0.05) is 6.92 Å². The lowest BCUT2D eigenvalue weighted by atomic mass is 10.1. The molecular weight excluding hydrogens is 250 g/mol. The average Bonchev–Trinajstić information content (AvgIpc) is 2.34. The molecule has 1 amide bonds. The maximum absolute atomic E-state index is 11.6. The van der Waals surface area contributed by atoms with Gasteiger partial charge in [0.2, 0.25) is 5.91 Å². The van der Waals surface area contributed by atoms with Crippen LogP contribution in [-0.2, 0) is 14.3 Å². The van der Waals surface area contributed by atoms with E-state index in [1.54, 1.807) is 18.2 Å². The minimum atomic E-state index is -0.556. The predicted molar refractivity (Wildman–Crippen MR) is 68.3 cm³/mol. The van der Waals surface area contributed by atoms with Gasteiger partial charge in [-0.2, -0.15) is 0 Å². The molecule has 0 spiro atoms. The van der Waals surface area contributed by atoms with Crippen molar-refractivity contribution in [3.05, 3.63) is 23.8 Å². The van der Waals surface area contributed by atoms with Crippen LogP contribution in [0, 0.1) is 0 Å². The third-order valence-corrected chi connectivity index (χ3v) is 2.26. The molecule has 0 atom stereocenters. The largest absolute Gasteiger partial charge is 0.481 e. The molecule has 1 aromatic carbocycles. The van der Waals surface area contributed by atoms with E-state index in [0.717, 1.165) is 0 Å². The molecule has 0 radical (unpaired) electrons. The number of anilines is 1. The first-order chi connectivity index (χ1) is 8.95. The van der Waals surface area contributed by atoms with Crippen molar-refractivity contribution in [1.82, 2.24) is 0 Å². The predicted octanol–water partition coefficient (Wildman–Crippen LogP) is 1.40. The minimum absolute atomic E-state index is 0.224. The molecule has 0 aliphatic carbocycles. The molecule has 1 aromatic rings. The first-order valence-corrected chi connectivity index (χ1v) is 5.57. The fourth-order valence-electron chi connectivity index (χ4n) is 1.50. The molecule has 6 nitrogen and oxygen atoms in total. The molecule has 1 N–H and O–H groups in total. The zero-order valence-corrected chi connectivity index (χ0v) is 11.0. The van der Waals surface area contributed by atoms with Crippen molar-refractivity contribution in [1.29, 1.82) is 0 Å². The molecular formula is C13H15NO5. The van der Waals surface area contributed by atoms with Crippen molar-refractivity contribution in [2.24, 2.45) is 0 Å². The SMILES string of the molecule is COC(=O)COc1cccc(NC(C)=O)c1C(C)=O. The average molecular weight is 265 g/mol. The van der Waals surface area contributed by atoms with E-state index in [2.05, 4.69) is 10.1 Å². The second-order valence-electron chi connectivity index (χ2n) is 3.78. The first kappa shape index (κ1) is 14.7. The van der Waals surface area contributed by atoms with E-state index < -0.39 is 5.97 Å². The summed E-state index contributed by atoms with van der Waals surface area (Å²) in [4.78, 5) is 33.7. The monoisotopic (exact) mass is 265 g/mol. The Hall–Kier alpha value is -2.37. The summed E-state index contributed by atoms with van der Waals surface area (Å²) in [7, 11) is 1.24. The van der Waals surface area contributed by atoms with Crippen LogP contribution in [0.25, 0.3) is 0 Å². The highest BCUT2D eigenvalue weighted by atomic mass is 16.6. The molecule has 1 rings (SSSR count). The molecule has 0 saturated heterocycles. The number of nitrogens with one attached hydrogen (secondary N) is 1. The van der Waals surface area contributed by atoms with Crippen molar-refractivity contribution >= 4 is 23.3 Å². The first-order valence-electron chi connectivity index (χ1n) is 5.57. The Labute approximate surface area is 110 Å². The van der Waals surface area contributed by atoms with Crippen LogP contribution in [0.1, 0.15) is 24.2 Å². The number of Topliss-reactive ketones (excluding diaryl/α,β-unsaturated/α-hetero) is 1. The van der Waals surface area contributed by atoms with Crippen molar-refractivity contribution in [3.63, 3.8) is 0 Å². The fraction of sp³-hybridized carbons (Fsp3) is 0.308. The highest BCUT2D eigenvalue weighted by molar-refractivity contribution is 6.05. The Morgan fingerprint density at radius 1 is 1.21 bits per heavy atom. The molecule has 0 unspecified atom stereocenters. The van der Waals surface area contributed by atoms with E-state index in [1.165, 1.54) is 21.0 Å². The maximum Gasteiger partial charge on any atom is 0.343 e. The topological polar surface area (TPSA) is 81.7 Å². The van der Waals surface area contributed by atoms with E-state index in [9.17, 15) is 14.4 Å². The van der Waals surface area contributed by atoms with Crippen LogP contribution < -0.4 is 10.1 Å². The number of ether oxygens (including phenoxy) is 2. The number of amides is 1. The summed E-state index contributed by atoms with van der Waals surface area (Å²) in [5.41, 5.74) is 0.573. The maximum atomic E-state index is 11.6. The highest BCUT2D eigenvalue weighted by Gasteiger charge is 2.16. The molecule has 0 aromatic heterocycles. The number of esters is 1. The van der Waals surface area contributed by atoms with Crippen LogP contribution in [0.4, 0.5) is 5.69 Å². The zero-order chi connectivity index (χ0) is 14.4. The van der Waals surface area contributed by atoms with Crippen molar-refractivity contribution in [2.75, 3.05) is 19.0 Å². The van der Waals surface area contributed by atoms with Gasteiger partial charge in [-0.15, -0.1) is 0 Å². The lowest BCUT2D eigenvalue weighted by Crippen LogP contribution is -2.15. The second kappa shape index (κ2) is 6.53. The molecule has 6 heteroatoms. The fourth-order valence-corrected chi connectivity index (χ4v) is 1.50. The van der Waals surface area contributed by atoms with Crippen LogP contribution in [0.3, 0.4) is 0 Å². The summed E-state index contributed by atoms with van der Waals surface area (Å²) in [5.74, 6) is -0.902. The molecule has 0 fully saturated rings. The Morgan fingerprint density at radius 2 is 1.89 bits per heavy atom. The molecule has 0 bridgehead atoms. The van der Waals surface area contributed by atoms with Gasteiger partial charge in [-0.25, -0.2) is 4.79 Å². The van der Waals surface area contributed by atoms with Crippen LogP contribution in [-0.4, -0.2) is 31.4 Å². The van der Waals surface area contributed by atoms with Gasteiger partial charge in [-0.1, -0.05) is 6.07 Å². The van der Waals surface area contributed by atoms with Crippen molar-refractivity contribution in [2.45, 2.75) is 13.8 Å². The van der Waals surface area contributed by atoms with Gasteiger partial charge in [0.15, 0.2) is 12.4 Å². The highest BCUT2D eigenvalue weighted by Crippen LogP contribution is 2.27. The summed E-state index contributed by atoms with van der Waals surface area (Å²) in [5, 5.41) is 2.54. The quantitative estimate of drug-likeness (QED) is 0.642. The number of hydrogen-bond acceptors (Lipinski definition) is 5. The van der Waals surface area contributed by atoms with E-state index in [0.29, 0.717) is 5.69 Å². The van der Waals surface area contributed by atoms with Gasteiger partial charge >= 0.3 is 5.97 Å². The number of carbonyl (C=O) groups is 3. The lowest BCUT2D eigenvalue weighted by Gasteiger charge is -2.13. The van der Waals surface area contributed by atoms with Crippen LogP contribution in [0.5, 0.6) is 5.75 Å². The summed E-state index contributed by atoms with van der Waals surface area (Å²) in [6, 6.07) is 4.75. The Kier molecular flexibility index (Phi) is 5.05. The van der Waals surface area contributed by atoms with Crippen LogP contribution in [0.2, 0.25) is 0 Å². The minimum Gasteiger partial charge on any atom is -0.481 e. The Morgan fingerprint density at radius 3 is 2.42 bits per heavy atom. The standard InChI is InChI=1S/C13H15NO5/c1-8(15)13-10(14-9(2)16)5-4-6-11(13)19-7-12(17)18-3/h4-6H,7H2,1-3H3,(H,14,16). The van der Waals surface area contributed by atoms with Crippen molar-refractivity contribution < 1.29 is 23.9 Å². The lowest BCUT2D eigenvalue weighted by molar-refractivity contribution is -0.142. The number of carbonyl (C=O) groups excluding carboxylic acids is 3. The molecule has 0 saturated carbocycles. The number of ketones is 1. The van der Waals surface area contributed by atoms with E-state index in [4.69, 9.17) is 4.74 Å². The molecule has 19 heavy (non-hydrogen) atoms. The molecule has 0 aliphatic rings. The van der Waals surface area contributed by atoms with Gasteiger partial charge in [-0.05, 0) is 19.1 Å². The van der Waals surface area contributed by atoms with E-state index in [1.807, 2.05) is 0 Å². The summed E-state index contributed by atoms with van der Waals surface area (Å²) in [6.45, 7) is 2.39. The Balaban J connectivity index is 3.06. The third-order valence-electron chi connectivity index (χ3n) is 2.26. The van der Waals surface area contributed by atoms with Gasteiger partial charge in [-0.3, -0.25) is 9.59 Å². The number of benzene rings is 1. The van der Waals surface area contributed by atoms with E-state index >= 15 is 0 Å². The summed E-state index contributed by atoms with van der Waals surface area (Å²) < 4.78 is 9.68. The van der Waals surface area contributed by atoms with Gasteiger partial charge in [0.25, 0.3) is 0 Å².